The Morgan fingerprint density at radius 1 is 1.30 bits per heavy atom. The molecule has 0 bridgehead atoms. The van der Waals surface area contributed by atoms with Gasteiger partial charge >= 0.3 is 0 Å². The molecular formula is C13H22BrCl2N3O3S. The lowest BCUT2D eigenvalue weighted by atomic mass is 10.3. The minimum atomic E-state index is -3.49. The number of rotatable bonds is 6. The first kappa shape index (κ1) is 22.9. The van der Waals surface area contributed by atoms with Gasteiger partial charge in [0.15, 0.2) is 0 Å². The molecule has 2 N–H and O–H groups in total. The lowest BCUT2D eigenvalue weighted by Gasteiger charge is -2.27. The van der Waals surface area contributed by atoms with Gasteiger partial charge in [0.05, 0.1) is 16.5 Å². The average molecular weight is 451 g/mol. The molecule has 0 aromatic heterocycles. The number of hydrogen-bond acceptors (Lipinski definition) is 5. The summed E-state index contributed by atoms with van der Waals surface area (Å²) < 4.78 is 32.8. The Hall–Kier alpha value is -0.0900. The predicted molar refractivity (Wildman–Crippen MR) is 99.7 cm³/mol. The van der Waals surface area contributed by atoms with Gasteiger partial charge in [-0.3, -0.25) is 4.90 Å². The van der Waals surface area contributed by atoms with Crippen LogP contribution in [0.4, 0.5) is 0 Å². The second-order valence-electron chi connectivity index (χ2n) is 4.79. The van der Waals surface area contributed by atoms with E-state index < -0.39 is 10.0 Å². The number of sulfonamides is 1. The maximum atomic E-state index is 12.2. The highest BCUT2D eigenvalue weighted by atomic mass is 79.9. The Kier molecular flexibility index (Phi) is 10.7. The third-order valence-electron chi connectivity index (χ3n) is 3.36. The van der Waals surface area contributed by atoms with Gasteiger partial charge in [-0.25, -0.2) is 13.1 Å². The van der Waals surface area contributed by atoms with Gasteiger partial charge in [-0.1, -0.05) is 0 Å². The summed E-state index contributed by atoms with van der Waals surface area (Å²) in [6.07, 6.45) is 0. The molecule has 0 aliphatic carbocycles. The molecule has 0 radical (unpaired) electrons. The van der Waals surface area contributed by atoms with Crippen LogP contribution in [0.5, 0.6) is 5.75 Å². The zero-order valence-corrected chi connectivity index (χ0v) is 16.8. The number of nitrogens with zero attached hydrogens (tertiary/aromatic N) is 1. The van der Waals surface area contributed by atoms with Crippen molar-refractivity contribution in [2.75, 3.05) is 46.4 Å². The number of benzene rings is 1. The molecule has 1 aliphatic heterocycles. The van der Waals surface area contributed by atoms with E-state index in [9.17, 15) is 8.42 Å². The number of ether oxygens (including phenoxy) is 1. The molecule has 6 nitrogen and oxygen atoms in total. The van der Waals surface area contributed by atoms with Crippen molar-refractivity contribution < 1.29 is 13.2 Å². The Morgan fingerprint density at radius 2 is 1.96 bits per heavy atom. The van der Waals surface area contributed by atoms with E-state index in [0.29, 0.717) is 16.8 Å². The second-order valence-corrected chi connectivity index (χ2v) is 7.41. The fraction of sp³-hybridized carbons (Fsp3) is 0.538. The zero-order chi connectivity index (χ0) is 15.3. The maximum Gasteiger partial charge on any atom is 0.240 e. The molecule has 1 aliphatic rings. The smallest absolute Gasteiger partial charge is 0.240 e. The highest BCUT2D eigenvalue weighted by molar-refractivity contribution is 9.10. The Balaban J connectivity index is 0.00000242. The molecule has 0 atom stereocenters. The zero-order valence-electron chi connectivity index (χ0n) is 12.7. The predicted octanol–water partition coefficient (Wildman–Crippen LogP) is 1.48. The highest BCUT2D eigenvalue weighted by Gasteiger charge is 2.16. The van der Waals surface area contributed by atoms with Gasteiger partial charge in [0.25, 0.3) is 0 Å². The van der Waals surface area contributed by atoms with Crippen molar-refractivity contribution in [1.29, 1.82) is 0 Å². The quantitative estimate of drug-likeness (QED) is 0.686. The van der Waals surface area contributed by atoms with Gasteiger partial charge in [-0.05, 0) is 34.1 Å². The molecular weight excluding hydrogens is 429 g/mol. The highest BCUT2D eigenvalue weighted by Crippen LogP contribution is 2.27. The molecule has 1 fully saturated rings. The molecule has 1 aromatic rings. The normalized spacial score (nSPS) is 15.4. The molecule has 2 rings (SSSR count). The summed E-state index contributed by atoms with van der Waals surface area (Å²) in [6.45, 7) is 4.95. The molecule has 1 saturated heterocycles. The van der Waals surface area contributed by atoms with E-state index in [1.165, 1.54) is 6.07 Å². The van der Waals surface area contributed by atoms with Crippen LogP contribution < -0.4 is 14.8 Å². The van der Waals surface area contributed by atoms with Crippen molar-refractivity contribution in [3.8, 4) is 5.75 Å². The summed E-state index contributed by atoms with van der Waals surface area (Å²) in [6, 6.07) is 4.72. The van der Waals surface area contributed by atoms with E-state index in [4.69, 9.17) is 4.74 Å². The summed E-state index contributed by atoms with van der Waals surface area (Å²) in [5, 5.41) is 3.27. The van der Waals surface area contributed by atoms with Gasteiger partial charge in [-0.2, -0.15) is 0 Å². The topological polar surface area (TPSA) is 70.7 Å². The molecule has 1 heterocycles. The molecule has 0 unspecified atom stereocenters. The van der Waals surface area contributed by atoms with E-state index in [0.717, 1.165) is 32.7 Å². The molecule has 0 saturated carbocycles. The summed E-state index contributed by atoms with van der Waals surface area (Å²) >= 11 is 3.30. The maximum absolute atomic E-state index is 12.2. The van der Waals surface area contributed by atoms with Crippen molar-refractivity contribution in [3.05, 3.63) is 22.7 Å². The molecule has 0 amide bonds. The van der Waals surface area contributed by atoms with Gasteiger partial charge in [0, 0.05) is 39.3 Å². The molecule has 1 aromatic carbocycles. The van der Waals surface area contributed by atoms with Crippen LogP contribution in [0.25, 0.3) is 0 Å². The van der Waals surface area contributed by atoms with Crippen molar-refractivity contribution >= 4 is 50.8 Å². The summed E-state index contributed by atoms with van der Waals surface area (Å²) in [5.41, 5.74) is 0. The first-order chi connectivity index (χ1) is 10.0. The summed E-state index contributed by atoms with van der Waals surface area (Å²) in [7, 11) is -1.94. The Bertz CT molecular complexity index is 584. The summed E-state index contributed by atoms with van der Waals surface area (Å²) in [5.74, 6) is 0.606. The third-order valence-corrected chi connectivity index (χ3v) is 5.44. The van der Waals surface area contributed by atoms with Crippen LogP contribution in [-0.2, 0) is 10.0 Å². The molecule has 23 heavy (non-hydrogen) atoms. The fourth-order valence-corrected chi connectivity index (χ4v) is 3.91. The fourth-order valence-electron chi connectivity index (χ4n) is 2.17. The molecule has 10 heteroatoms. The number of piperazine rings is 1. The second kappa shape index (κ2) is 10.7. The SMILES string of the molecule is COc1ccc(S(=O)(=O)NCCN2CCNCC2)cc1Br.Cl.Cl. The lowest BCUT2D eigenvalue weighted by Crippen LogP contribution is -2.46. The van der Waals surface area contributed by atoms with Gasteiger partial charge < -0.3 is 10.1 Å². The van der Waals surface area contributed by atoms with Crippen LogP contribution in [0.1, 0.15) is 0 Å². The van der Waals surface area contributed by atoms with Crippen molar-refractivity contribution in [1.82, 2.24) is 14.9 Å². The van der Waals surface area contributed by atoms with E-state index in [-0.39, 0.29) is 29.7 Å². The van der Waals surface area contributed by atoms with Crippen LogP contribution in [0.2, 0.25) is 0 Å². The van der Waals surface area contributed by atoms with E-state index in [1.807, 2.05) is 0 Å². The minimum absolute atomic E-state index is 0. The van der Waals surface area contributed by atoms with Gasteiger partial charge in [0.1, 0.15) is 5.75 Å². The number of methoxy groups -OCH3 is 1. The van der Waals surface area contributed by atoms with Crippen molar-refractivity contribution in [2.24, 2.45) is 0 Å². The largest absolute Gasteiger partial charge is 0.496 e. The Morgan fingerprint density at radius 3 is 2.52 bits per heavy atom. The Labute approximate surface area is 158 Å². The van der Waals surface area contributed by atoms with Crippen LogP contribution in [-0.4, -0.2) is 59.7 Å². The van der Waals surface area contributed by atoms with Crippen molar-refractivity contribution in [3.63, 3.8) is 0 Å². The van der Waals surface area contributed by atoms with E-state index >= 15 is 0 Å². The third kappa shape index (κ3) is 6.74. The first-order valence-electron chi connectivity index (χ1n) is 6.79. The van der Waals surface area contributed by atoms with Crippen LogP contribution >= 0.6 is 40.7 Å². The number of nitrogens with one attached hydrogen (secondary N) is 2. The molecule has 134 valence electrons. The van der Waals surface area contributed by atoms with Crippen LogP contribution in [0.3, 0.4) is 0 Å². The van der Waals surface area contributed by atoms with Crippen LogP contribution in [0.15, 0.2) is 27.6 Å². The van der Waals surface area contributed by atoms with Crippen molar-refractivity contribution in [2.45, 2.75) is 4.90 Å². The monoisotopic (exact) mass is 449 g/mol. The van der Waals surface area contributed by atoms with Gasteiger partial charge in [0.2, 0.25) is 10.0 Å². The average Bonchev–Trinajstić information content (AvgIpc) is 2.48. The van der Waals surface area contributed by atoms with E-state index in [2.05, 4.69) is 30.9 Å². The summed E-state index contributed by atoms with van der Waals surface area (Å²) in [4.78, 5) is 2.47. The standard InChI is InChI=1S/C13H20BrN3O3S.2ClH/c1-20-13-3-2-11(10-12(13)14)21(18,19)16-6-9-17-7-4-15-5-8-17;;/h2-3,10,15-16H,4-9H2,1H3;2*1H. The minimum Gasteiger partial charge on any atom is -0.496 e. The number of hydrogen-bond donors (Lipinski definition) is 2. The van der Waals surface area contributed by atoms with Gasteiger partial charge in [-0.15, -0.1) is 24.8 Å². The van der Waals surface area contributed by atoms with Crippen LogP contribution in [0, 0.1) is 0 Å². The number of halogens is 3. The lowest BCUT2D eigenvalue weighted by molar-refractivity contribution is 0.245. The molecule has 0 spiro atoms. The van der Waals surface area contributed by atoms with E-state index in [1.54, 1.807) is 19.2 Å². The first-order valence-corrected chi connectivity index (χ1v) is 9.07.